The lowest BCUT2D eigenvalue weighted by Crippen LogP contribution is -2.19. The maximum atomic E-state index is 12.3. The van der Waals surface area contributed by atoms with Crippen LogP contribution in [-0.4, -0.2) is 16.1 Å². The summed E-state index contributed by atoms with van der Waals surface area (Å²) < 4.78 is 0. The smallest absolute Gasteiger partial charge is 0.352 e. The number of fused-ring (bicyclic) bond motifs is 2. The van der Waals surface area contributed by atoms with E-state index in [0.29, 0.717) is 23.0 Å². The number of hydrogen-bond donors (Lipinski definition) is 3. The quantitative estimate of drug-likeness (QED) is 0.493. The number of nitrogens with two attached hydrogens (primary N) is 1. The molecule has 0 spiro atoms. The molecule has 1 aromatic heterocycles. The first-order valence-corrected chi connectivity index (χ1v) is 7.71. The van der Waals surface area contributed by atoms with E-state index in [-0.39, 0.29) is 16.7 Å². The van der Waals surface area contributed by atoms with Crippen molar-refractivity contribution >= 4 is 22.6 Å². The molecule has 5 nitrogen and oxygen atoms in total. The van der Waals surface area contributed by atoms with Gasteiger partial charge in [-0.1, -0.05) is 31.2 Å². The molecule has 122 valence electrons. The van der Waals surface area contributed by atoms with Gasteiger partial charge < -0.3 is 15.8 Å². The zero-order valence-electron chi connectivity index (χ0n) is 13.5. The standard InChI is InChI=1S/C13H14N2O3.C6H4/c1-3-7-10(13(17)18)15-11-8(14)5-4-6(2)9(11)12(7)16;1-2-5-4-6(5)3-1/h4-5H,3,14H2,1-2H3,(H,15,16)(H,17,18);1-4H. The van der Waals surface area contributed by atoms with Gasteiger partial charge in [-0.05, 0) is 42.2 Å². The summed E-state index contributed by atoms with van der Waals surface area (Å²) in [5.74, 6) is -1.15. The Bertz CT molecular complexity index is 1000. The summed E-state index contributed by atoms with van der Waals surface area (Å²) in [6, 6.07) is 11.9. The van der Waals surface area contributed by atoms with Gasteiger partial charge >= 0.3 is 5.97 Å². The first-order valence-electron chi connectivity index (χ1n) is 7.71. The number of carboxylic acid groups (broad SMARTS) is 1. The van der Waals surface area contributed by atoms with Gasteiger partial charge in [-0.3, -0.25) is 4.79 Å². The van der Waals surface area contributed by atoms with Crippen molar-refractivity contribution in [1.29, 1.82) is 0 Å². The molecule has 0 radical (unpaired) electrons. The number of H-pyrrole nitrogens is 1. The Hall–Kier alpha value is -3.08. The predicted molar refractivity (Wildman–Crippen MR) is 95.5 cm³/mol. The molecule has 0 saturated heterocycles. The van der Waals surface area contributed by atoms with Crippen molar-refractivity contribution in [3.63, 3.8) is 0 Å². The van der Waals surface area contributed by atoms with Crippen LogP contribution in [-0.2, 0) is 6.42 Å². The third kappa shape index (κ3) is 2.65. The summed E-state index contributed by atoms with van der Waals surface area (Å²) in [6.07, 6.45) is 0.362. The van der Waals surface area contributed by atoms with Crippen LogP contribution in [0.5, 0.6) is 0 Å². The highest BCUT2D eigenvalue weighted by molar-refractivity contribution is 5.97. The van der Waals surface area contributed by atoms with Crippen LogP contribution in [0.15, 0.2) is 41.2 Å². The van der Waals surface area contributed by atoms with E-state index in [4.69, 9.17) is 10.8 Å². The highest BCUT2D eigenvalue weighted by atomic mass is 16.4. The number of pyridine rings is 1. The molecular weight excluding hydrogens is 304 g/mol. The van der Waals surface area contributed by atoms with Crippen molar-refractivity contribution in [3.05, 3.63) is 63.4 Å². The Morgan fingerprint density at radius 3 is 2.33 bits per heavy atom. The van der Waals surface area contributed by atoms with E-state index in [1.807, 2.05) is 0 Å². The van der Waals surface area contributed by atoms with E-state index < -0.39 is 5.97 Å². The molecule has 0 saturated carbocycles. The molecule has 2 aliphatic rings. The molecule has 5 heteroatoms. The normalized spacial score (nSPS) is 10.9. The third-order valence-electron chi connectivity index (χ3n) is 4.18. The van der Waals surface area contributed by atoms with Crippen molar-refractivity contribution in [2.45, 2.75) is 20.3 Å². The molecule has 0 aliphatic heterocycles. The molecule has 4 N–H and O–H groups in total. The third-order valence-corrected chi connectivity index (χ3v) is 4.18. The van der Waals surface area contributed by atoms with Crippen LogP contribution in [0.4, 0.5) is 5.69 Å². The van der Waals surface area contributed by atoms with E-state index in [9.17, 15) is 9.59 Å². The SMILES string of the molecule is CCc1c(C(=O)O)[nH]c2c(N)ccc(C)c2c1=O.c1cc2cc-2c1. The van der Waals surface area contributed by atoms with Crippen LogP contribution in [0.25, 0.3) is 22.0 Å². The first kappa shape index (κ1) is 15.8. The van der Waals surface area contributed by atoms with Gasteiger partial charge in [-0.25, -0.2) is 4.79 Å². The number of rotatable bonds is 2. The number of aryl methyl sites for hydroxylation is 1. The molecule has 1 heterocycles. The molecule has 4 rings (SSSR count). The molecule has 1 aromatic carbocycles. The number of aromatic nitrogens is 1. The minimum atomic E-state index is -1.15. The number of benzene rings is 2. The minimum absolute atomic E-state index is 0.0766. The van der Waals surface area contributed by atoms with Crippen LogP contribution >= 0.6 is 0 Å². The van der Waals surface area contributed by atoms with E-state index in [1.54, 1.807) is 26.0 Å². The summed E-state index contributed by atoms with van der Waals surface area (Å²) in [5.41, 5.74) is 10.1. The van der Waals surface area contributed by atoms with Crippen LogP contribution in [0.2, 0.25) is 0 Å². The number of carbonyl (C=O) groups is 1. The molecule has 0 fully saturated rings. The second-order valence-electron chi connectivity index (χ2n) is 5.77. The number of hydrogen-bond acceptors (Lipinski definition) is 3. The van der Waals surface area contributed by atoms with Gasteiger partial charge in [0.05, 0.1) is 16.6 Å². The fourth-order valence-corrected chi connectivity index (χ4v) is 2.81. The average molecular weight is 322 g/mol. The molecule has 2 aliphatic carbocycles. The maximum absolute atomic E-state index is 12.3. The predicted octanol–water partition coefficient (Wildman–Crippen LogP) is 3.35. The Balaban J connectivity index is 0.000000231. The number of anilines is 1. The summed E-state index contributed by atoms with van der Waals surface area (Å²) in [7, 11) is 0. The maximum Gasteiger partial charge on any atom is 0.352 e. The van der Waals surface area contributed by atoms with E-state index in [1.165, 1.54) is 11.1 Å². The Labute approximate surface area is 138 Å². The fraction of sp³-hybridized carbons (Fsp3) is 0.158. The van der Waals surface area contributed by atoms with Gasteiger partial charge in [0.15, 0.2) is 5.43 Å². The highest BCUT2D eigenvalue weighted by Gasteiger charge is 2.17. The topological polar surface area (TPSA) is 96.2 Å². The lowest BCUT2D eigenvalue weighted by atomic mass is 10.0. The molecule has 0 atom stereocenters. The second-order valence-corrected chi connectivity index (χ2v) is 5.77. The molecular formula is C19H18N2O3. The zero-order chi connectivity index (χ0) is 17.4. The van der Waals surface area contributed by atoms with Crippen molar-refractivity contribution in [2.75, 3.05) is 5.73 Å². The van der Waals surface area contributed by atoms with Crippen LogP contribution in [0, 0.1) is 6.92 Å². The second kappa shape index (κ2) is 5.85. The number of aromatic amines is 1. The van der Waals surface area contributed by atoms with Crippen LogP contribution in [0.3, 0.4) is 0 Å². The molecule has 0 unspecified atom stereocenters. The fourth-order valence-electron chi connectivity index (χ4n) is 2.81. The van der Waals surface area contributed by atoms with Crippen molar-refractivity contribution < 1.29 is 9.90 Å². The first-order chi connectivity index (χ1) is 11.4. The molecule has 0 bridgehead atoms. The summed E-state index contributed by atoms with van der Waals surface area (Å²) in [6.45, 7) is 3.56. The highest BCUT2D eigenvalue weighted by Crippen LogP contribution is 2.32. The number of aromatic carboxylic acids is 1. The van der Waals surface area contributed by atoms with Gasteiger partial charge in [0.25, 0.3) is 0 Å². The van der Waals surface area contributed by atoms with Crippen molar-refractivity contribution in [3.8, 4) is 11.1 Å². The van der Waals surface area contributed by atoms with E-state index in [2.05, 4.69) is 29.2 Å². The van der Waals surface area contributed by atoms with Crippen LogP contribution < -0.4 is 11.2 Å². The summed E-state index contributed by atoms with van der Waals surface area (Å²) in [4.78, 5) is 26.3. The monoisotopic (exact) mass is 322 g/mol. The van der Waals surface area contributed by atoms with E-state index >= 15 is 0 Å². The lowest BCUT2D eigenvalue weighted by molar-refractivity contribution is 0.0689. The molecule has 2 aromatic rings. The Morgan fingerprint density at radius 2 is 1.88 bits per heavy atom. The minimum Gasteiger partial charge on any atom is -0.477 e. The van der Waals surface area contributed by atoms with Gasteiger partial charge in [0.1, 0.15) is 5.69 Å². The van der Waals surface area contributed by atoms with Gasteiger partial charge in [0, 0.05) is 5.56 Å². The van der Waals surface area contributed by atoms with Gasteiger partial charge in [-0.2, -0.15) is 0 Å². The van der Waals surface area contributed by atoms with Gasteiger partial charge in [0.2, 0.25) is 0 Å². The van der Waals surface area contributed by atoms with Crippen molar-refractivity contribution in [1.82, 2.24) is 4.98 Å². The number of nitrogens with one attached hydrogen (secondary N) is 1. The van der Waals surface area contributed by atoms with Crippen LogP contribution in [0.1, 0.15) is 28.5 Å². The van der Waals surface area contributed by atoms with E-state index in [0.717, 1.165) is 5.56 Å². The number of carboxylic acids is 1. The summed E-state index contributed by atoms with van der Waals surface area (Å²) in [5, 5.41) is 9.60. The lowest BCUT2D eigenvalue weighted by Gasteiger charge is -2.10. The molecule has 0 amide bonds. The Morgan fingerprint density at radius 1 is 1.21 bits per heavy atom. The average Bonchev–Trinajstić information content (AvgIpc) is 3.16. The zero-order valence-corrected chi connectivity index (χ0v) is 13.5. The molecule has 24 heavy (non-hydrogen) atoms. The van der Waals surface area contributed by atoms with Gasteiger partial charge in [-0.15, -0.1) is 0 Å². The Kier molecular flexibility index (Phi) is 3.85. The number of nitrogen functional groups attached to an aromatic ring is 1. The summed E-state index contributed by atoms with van der Waals surface area (Å²) >= 11 is 0. The van der Waals surface area contributed by atoms with Crippen molar-refractivity contribution in [2.24, 2.45) is 0 Å². The largest absolute Gasteiger partial charge is 0.477 e.